The summed E-state index contributed by atoms with van der Waals surface area (Å²) in [6, 6.07) is 11.5. The summed E-state index contributed by atoms with van der Waals surface area (Å²) in [5.41, 5.74) is 2.88. The summed E-state index contributed by atoms with van der Waals surface area (Å²) in [5, 5.41) is 0. The molecule has 3 aromatic carbocycles. The smallest absolute Gasteiger partial charge is 0.203 e. The topological polar surface area (TPSA) is 83.1 Å². The molecule has 0 aliphatic rings. The van der Waals surface area contributed by atoms with Gasteiger partial charge in [-0.25, -0.2) is 0 Å². The van der Waals surface area contributed by atoms with E-state index >= 15 is 0 Å². The molecule has 0 bridgehead atoms. The average molecular weight is 597 g/mol. The highest BCUT2D eigenvalue weighted by Crippen LogP contribution is 2.43. The minimum atomic E-state index is -0.232. The number of hydrogen-bond acceptors (Lipinski definition) is 9. The fraction of sp³-hybridized carbons (Fsp3) is 0.412. The van der Waals surface area contributed by atoms with E-state index in [1.807, 2.05) is 69.3 Å². The molecule has 0 N–H and O–H groups in total. The molecule has 0 spiro atoms. The van der Waals surface area contributed by atoms with Crippen LogP contribution < -0.4 is 42.6 Å². The molecule has 43 heavy (non-hydrogen) atoms. The van der Waals surface area contributed by atoms with Gasteiger partial charge >= 0.3 is 0 Å². The Morgan fingerprint density at radius 2 is 0.814 bits per heavy atom. The third-order valence-corrected chi connectivity index (χ3v) is 6.77. The zero-order chi connectivity index (χ0) is 31.5. The Morgan fingerprint density at radius 1 is 0.488 bits per heavy atom. The van der Waals surface area contributed by atoms with Crippen LogP contribution in [0.2, 0.25) is 0 Å². The maximum atomic E-state index is 6.38. The van der Waals surface area contributed by atoms with Crippen molar-refractivity contribution in [3.8, 4) is 51.7 Å². The molecule has 9 nitrogen and oxygen atoms in total. The quantitative estimate of drug-likeness (QED) is 0.177. The predicted octanol–water partition coefficient (Wildman–Crippen LogP) is 6.80. The Hall–Kier alpha value is -4.40. The van der Waals surface area contributed by atoms with Gasteiger partial charge in [-0.3, -0.25) is 0 Å². The largest absolute Gasteiger partial charge is 0.493 e. The summed E-state index contributed by atoms with van der Waals surface area (Å²) >= 11 is 0. The molecule has 2 unspecified atom stereocenters. The molecule has 0 aliphatic carbocycles. The lowest BCUT2D eigenvalue weighted by Crippen LogP contribution is -2.18. The fourth-order valence-corrected chi connectivity index (χ4v) is 4.88. The lowest BCUT2D eigenvalue weighted by atomic mass is 10.1. The minimum absolute atomic E-state index is 0.226. The van der Waals surface area contributed by atoms with Crippen LogP contribution in [0.3, 0.4) is 0 Å². The molecule has 2 atom stereocenters. The maximum absolute atomic E-state index is 6.38. The fourth-order valence-electron chi connectivity index (χ4n) is 4.88. The molecule has 9 heteroatoms. The molecule has 0 saturated carbocycles. The molecular weight excluding hydrogens is 552 g/mol. The molecule has 234 valence electrons. The van der Waals surface area contributed by atoms with E-state index in [9.17, 15) is 0 Å². The normalized spacial score (nSPS) is 12.3. The number of methoxy groups -OCH3 is 7. The third kappa shape index (κ3) is 8.12. The number of ether oxygens (including phenoxy) is 9. The van der Waals surface area contributed by atoms with Crippen LogP contribution in [-0.2, 0) is 12.8 Å². The summed E-state index contributed by atoms with van der Waals surface area (Å²) in [6.07, 6.45) is 4.62. The van der Waals surface area contributed by atoms with Crippen LogP contribution in [0.15, 0.2) is 42.5 Å². The summed E-state index contributed by atoms with van der Waals surface area (Å²) in [7, 11) is 11.2. The van der Waals surface area contributed by atoms with Crippen molar-refractivity contribution in [2.24, 2.45) is 0 Å². The Kier molecular flexibility index (Phi) is 12.1. The summed E-state index contributed by atoms with van der Waals surface area (Å²) in [6.45, 7) is 5.93. The van der Waals surface area contributed by atoms with Gasteiger partial charge < -0.3 is 42.6 Å². The van der Waals surface area contributed by atoms with Gasteiger partial charge in [0.05, 0.1) is 49.8 Å². The van der Waals surface area contributed by atoms with Gasteiger partial charge in [-0.1, -0.05) is 12.2 Å². The van der Waals surface area contributed by atoms with Gasteiger partial charge in [0.15, 0.2) is 34.5 Å². The van der Waals surface area contributed by atoms with E-state index in [0.29, 0.717) is 64.6 Å². The van der Waals surface area contributed by atoms with Gasteiger partial charge in [-0.05, 0) is 73.9 Å². The Bertz CT molecular complexity index is 1310. The van der Waals surface area contributed by atoms with Crippen molar-refractivity contribution in [1.82, 2.24) is 0 Å². The molecule has 0 heterocycles. The van der Waals surface area contributed by atoms with Crippen molar-refractivity contribution in [3.63, 3.8) is 0 Å². The van der Waals surface area contributed by atoms with Crippen LogP contribution in [0, 0.1) is 0 Å². The van der Waals surface area contributed by atoms with Crippen LogP contribution in [0.5, 0.6) is 51.7 Å². The van der Waals surface area contributed by atoms with E-state index in [2.05, 4.69) is 0 Å². The van der Waals surface area contributed by atoms with Gasteiger partial charge in [0.25, 0.3) is 0 Å². The molecule has 0 radical (unpaired) electrons. The Balaban J connectivity index is 1.82. The van der Waals surface area contributed by atoms with Crippen molar-refractivity contribution in [2.75, 3.05) is 49.8 Å². The average Bonchev–Trinajstić information content (AvgIpc) is 3.01. The van der Waals surface area contributed by atoms with Crippen LogP contribution in [0.25, 0.3) is 6.08 Å². The molecule has 0 fully saturated rings. The Labute approximate surface area is 255 Å². The molecule has 0 aromatic heterocycles. The van der Waals surface area contributed by atoms with Gasteiger partial charge in [0.2, 0.25) is 17.2 Å². The molecule has 0 aliphatic heterocycles. The monoisotopic (exact) mass is 596 g/mol. The van der Waals surface area contributed by atoms with E-state index in [4.69, 9.17) is 42.6 Å². The second-order valence-corrected chi connectivity index (χ2v) is 9.88. The SMILES string of the molecule is C/C=C\c1cc(OC)c(OC(C)Cc2cc(OC)c(OC(C)Cc3cc(OC)c(OC)c(OC)c3)c(OC)c2)c(OC)c1. The molecular formula is C34H44O9. The van der Waals surface area contributed by atoms with E-state index < -0.39 is 0 Å². The van der Waals surface area contributed by atoms with Crippen LogP contribution in [0.4, 0.5) is 0 Å². The molecule has 3 rings (SSSR count). The van der Waals surface area contributed by atoms with E-state index in [1.54, 1.807) is 49.8 Å². The zero-order valence-electron chi connectivity index (χ0n) is 26.9. The standard InChI is InChI=1S/C34H44O9/c1-11-12-23-15-28(37-6)33(29(16-23)38-7)42-22(3)14-25-19-30(39-8)34(31(20-25)40-9)43-21(2)13-24-17-26(35-4)32(41-10)27(18-24)36-5/h11-12,15-22H,13-14H2,1-10H3/b12-11-. The summed E-state index contributed by atoms with van der Waals surface area (Å²) < 4.78 is 51.9. The third-order valence-electron chi connectivity index (χ3n) is 6.77. The second kappa shape index (κ2) is 15.7. The van der Waals surface area contributed by atoms with Crippen molar-refractivity contribution in [3.05, 3.63) is 59.2 Å². The van der Waals surface area contributed by atoms with E-state index in [-0.39, 0.29) is 12.2 Å². The zero-order valence-corrected chi connectivity index (χ0v) is 26.9. The van der Waals surface area contributed by atoms with Gasteiger partial charge in [0.1, 0.15) is 12.2 Å². The van der Waals surface area contributed by atoms with Gasteiger partial charge in [-0.15, -0.1) is 0 Å². The highest BCUT2D eigenvalue weighted by molar-refractivity contribution is 5.62. The van der Waals surface area contributed by atoms with E-state index in [0.717, 1.165) is 16.7 Å². The van der Waals surface area contributed by atoms with Gasteiger partial charge in [0, 0.05) is 12.8 Å². The van der Waals surface area contributed by atoms with Gasteiger partial charge in [-0.2, -0.15) is 0 Å². The van der Waals surface area contributed by atoms with Crippen molar-refractivity contribution < 1.29 is 42.6 Å². The first-order valence-corrected chi connectivity index (χ1v) is 14.0. The lowest BCUT2D eigenvalue weighted by Gasteiger charge is -2.22. The van der Waals surface area contributed by atoms with Crippen molar-refractivity contribution in [1.29, 1.82) is 0 Å². The van der Waals surface area contributed by atoms with Crippen LogP contribution >= 0.6 is 0 Å². The number of hydrogen-bond donors (Lipinski definition) is 0. The highest BCUT2D eigenvalue weighted by atomic mass is 16.6. The summed E-state index contributed by atoms with van der Waals surface area (Å²) in [4.78, 5) is 0. The van der Waals surface area contributed by atoms with Crippen LogP contribution in [0.1, 0.15) is 37.5 Å². The molecule has 0 amide bonds. The molecule has 3 aromatic rings. The lowest BCUT2D eigenvalue weighted by molar-refractivity contribution is 0.197. The molecule has 0 saturated heterocycles. The van der Waals surface area contributed by atoms with Crippen molar-refractivity contribution in [2.45, 2.75) is 45.8 Å². The predicted molar refractivity (Wildman–Crippen MR) is 167 cm³/mol. The summed E-state index contributed by atoms with van der Waals surface area (Å²) in [5.74, 6) is 5.09. The first-order chi connectivity index (χ1) is 20.7. The minimum Gasteiger partial charge on any atom is -0.493 e. The number of allylic oxidation sites excluding steroid dienone is 1. The number of rotatable bonds is 16. The van der Waals surface area contributed by atoms with E-state index in [1.165, 1.54) is 0 Å². The maximum Gasteiger partial charge on any atom is 0.203 e. The first kappa shape index (κ1) is 33.1. The second-order valence-electron chi connectivity index (χ2n) is 9.88. The van der Waals surface area contributed by atoms with Crippen molar-refractivity contribution >= 4 is 6.08 Å². The highest BCUT2D eigenvalue weighted by Gasteiger charge is 2.22. The first-order valence-electron chi connectivity index (χ1n) is 14.0. The Morgan fingerprint density at radius 3 is 1.12 bits per heavy atom. The number of benzene rings is 3. The van der Waals surface area contributed by atoms with Crippen LogP contribution in [-0.4, -0.2) is 62.0 Å².